The Bertz CT molecular complexity index is 1470. The van der Waals surface area contributed by atoms with Crippen molar-refractivity contribution in [3.8, 4) is 11.3 Å². The van der Waals surface area contributed by atoms with Crippen LogP contribution < -0.4 is 0 Å². The zero-order valence-corrected chi connectivity index (χ0v) is 24.4. The van der Waals surface area contributed by atoms with Crippen LogP contribution in [0.15, 0.2) is 58.2 Å². The quantitative estimate of drug-likeness (QED) is 0.337. The molecule has 0 unspecified atom stereocenters. The Labute approximate surface area is 244 Å². The summed E-state index contributed by atoms with van der Waals surface area (Å²) in [6.45, 7) is 7.27. The molecule has 7 atom stereocenters. The summed E-state index contributed by atoms with van der Waals surface area (Å²) in [5, 5.41) is 34.8. The van der Waals surface area contributed by atoms with E-state index < -0.39 is 45.8 Å². The van der Waals surface area contributed by atoms with Crippen LogP contribution in [0.25, 0.3) is 11.3 Å². The van der Waals surface area contributed by atoms with Gasteiger partial charge in [0, 0.05) is 46.6 Å². The number of carbonyl (C=O) groups is 2. The molecule has 3 N–H and O–H groups in total. The van der Waals surface area contributed by atoms with E-state index in [1.807, 2.05) is 39.0 Å². The van der Waals surface area contributed by atoms with E-state index in [9.17, 15) is 24.9 Å². The fourth-order valence-corrected chi connectivity index (χ4v) is 8.36. The second-order valence-corrected chi connectivity index (χ2v) is 13.4. The molecule has 8 nitrogen and oxygen atoms in total. The number of oxazole rings is 1. The van der Waals surface area contributed by atoms with Crippen molar-refractivity contribution >= 4 is 23.4 Å². The average molecular weight is 582 g/mol. The summed E-state index contributed by atoms with van der Waals surface area (Å²) in [6, 6.07) is 7.21. The molecule has 4 aliphatic rings. The maximum atomic E-state index is 13.3. The number of ketones is 1. The molecule has 0 amide bonds. The first kappa shape index (κ1) is 28.3. The number of esters is 1. The molecular weight excluding hydrogens is 546 g/mol. The highest BCUT2D eigenvalue weighted by molar-refractivity contribution is 6.30. The lowest BCUT2D eigenvalue weighted by molar-refractivity contribution is -0.187. The Morgan fingerprint density at radius 2 is 1.90 bits per heavy atom. The third kappa shape index (κ3) is 4.02. The van der Waals surface area contributed by atoms with Gasteiger partial charge in [0.2, 0.25) is 0 Å². The van der Waals surface area contributed by atoms with E-state index in [0.717, 1.165) is 5.56 Å². The fourth-order valence-electron chi connectivity index (χ4n) is 8.23. The number of nitrogens with zero attached hydrogens (tertiary/aromatic N) is 1. The number of aliphatic hydroxyl groups is 3. The van der Waals surface area contributed by atoms with Gasteiger partial charge in [-0.25, -0.2) is 4.98 Å². The lowest BCUT2D eigenvalue weighted by Gasteiger charge is -2.50. The topological polar surface area (TPSA) is 130 Å². The minimum Gasteiger partial charge on any atom is -0.458 e. The van der Waals surface area contributed by atoms with Crippen LogP contribution in [-0.4, -0.2) is 55.5 Å². The number of ether oxygens (including phenoxy) is 1. The van der Waals surface area contributed by atoms with Crippen LogP contribution in [0.1, 0.15) is 52.8 Å². The molecule has 1 heterocycles. The first-order valence-corrected chi connectivity index (χ1v) is 14.6. The number of carbonyl (C=O) groups excluding carboxylic acids is 2. The second-order valence-electron chi connectivity index (χ2n) is 12.9. The van der Waals surface area contributed by atoms with Gasteiger partial charge in [-0.1, -0.05) is 44.5 Å². The van der Waals surface area contributed by atoms with Gasteiger partial charge >= 0.3 is 5.97 Å². The predicted molar refractivity (Wildman–Crippen MR) is 151 cm³/mol. The molecule has 0 radical (unpaired) electrons. The number of Topliss-reactive ketones (excluding diaryl/α,β-unsaturated/α-hetero) is 1. The number of hydrogen-bond donors (Lipinski definition) is 3. The molecule has 2 fully saturated rings. The van der Waals surface area contributed by atoms with Crippen LogP contribution in [0, 0.1) is 29.1 Å². The zero-order valence-electron chi connectivity index (χ0n) is 23.7. The molecule has 0 spiro atoms. The fraction of sp³-hybridized carbons (Fsp3) is 0.531. The maximum Gasteiger partial charge on any atom is 0.306 e. The lowest BCUT2D eigenvalue weighted by Crippen LogP contribution is -2.61. The number of fused-ring (bicyclic) bond motifs is 5. The Kier molecular flexibility index (Phi) is 6.47. The number of halogens is 1. The van der Waals surface area contributed by atoms with E-state index in [1.165, 1.54) is 0 Å². The summed E-state index contributed by atoms with van der Waals surface area (Å²) in [5.41, 5.74) is -2.81. The number of benzene rings is 1. The first-order chi connectivity index (χ1) is 19.3. The molecule has 218 valence electrons. The van der Waals surface area contributed by atoms with Gasteiger partial charge in [0.15, 0.2) is 17.4 Å². The van der Waals surface area contributed by atoms with Crippen molar-refractivity contribution < 1.29 is 34.1 Å². The van der Waals surface area contributed by atoms with Gasteiger partial charge < -0.3 is 24.5 Å². The molecule has 6 rings (SSSR count). The molecule has 0 aliphatic heterocycles. The SMILES string of the molecule is CC1=C[C@H]2[C@@]3(O)[C@H](C)C[C@]4(OC(=O)CCc5ncc(-c6ccc(Cl)cc6)o5)[C@H]([C@@H]3C=C(CO)C[C@]2(O)C1=O)C4(C)C. The third-order valence-electron chi connectivity index (χ3n) is 10.4. The molecule has 0 bridgehead atoms. The Hall–Kier alpha value is -2.78. The second kappa shape index (κ2) is 9.36. The molecule has 41 heavy (non-hydrogen) atoms. The summed E-state index contributed by atoms with van der Waals surface area (Å²) in [6.07, 6.45) is 5.84. The van der Waals surface area contributed by atoms with E-state index >= 15 is 0 Å². The van der Waals surface area contributed by atoms with Gasteiger partial charge in [0.05, 0.1) is 24.8 Å². The minimum atomic E-state index is -1.81. The minimum absolute atomic E-state index is 0.0412. The van der Waals surface area contributed by atoms with Gasteiger partial charge in [0.25, 0.3) is 0 Å². The van der Waals surface area contributed by atoms with Crippen molar-refractivity contribution in [1.29, 1.82) is 0 Å². The van der Waals surface area contributed by atoms with Crippen molar-refractivity contribution in [2.45, 2.75) is 70.2 Å². The molecule has 1 aromatic carbocycles. The molecule has 9 heteroatoms. The zero-order chi connectivity index (χ0) is 29.5. The highest BCUT2D eigenvalue weighted by atomic mass is 35.5. The van der Waals surface area contributed by atoms with Gasteiger partial charge in [-0.2, -0.15) is 0 Å². The third-order valence-corrected chi connectivity index (χ3v) is 10.6. The number of aryl methyl sites for hydroxylation is 1. The van der Waals surface area contributed by atoms with Crippen molar-refractivity contribution in [2.24, 2.45) is 29.1 Å². The average Bonchev–Trinajstić information content (AvgIpc) is 3.20. The monoisotopic (exact) mass is 581 g/mol. The number of hydrogen-bond acceptors (Lipinski definition) is 8. The highest BCUT2D eigenvalue weighted by Crippen LogP contribution is 2.76. The van der Waals surface area contributed by atoms with Crippen LogP contribution in [0.2, 0.25) is 5.02 Å². The number of aliphatic hydroxyl groups excluding tert-OH is 1. The maximum absolute atomic E-state index is 13.3. The predicted octanol–water partition coefficient (Wildman–Crippen LogP) is 4.45. The Morgan fingerprint density at radius 1 is 1.20 bits per heavy atom. The number of aromatic nitrogens is 1. The lowest BCUT2D eigenvalue weighted by atomic mass is 9.60. The van der Waals surface area contributed by atoms with Crippen LogP contribution in [0.5, 0.6) is 0 Å². The summed E-state index contributed by atoms with van der Waals surface area (Å²) in [4.78, 5) is 30.7. The summed E-state index contributed by atoms with van der Waals surface area (Å²) in [5.74, 6) is -1.80. The summed E-state index contributed by atoms with van der Waals surface area (Å²) in [7, 11) is 0. The van der Waals surface area contributed by atoms with E-state index in [4.69, 9.17) is 20.8 Å². The standard InChI is InChI=1S/C32H36ClNO7/c1-17-11-24-30(38,28(17)37)14-19(16-35)12-22-27-29(3,4)31(27,13-18(2)32(22,24)39)41-26(36)10-9-25-34-15-23(40-25)20-5-7-21(33)8-6-20/h5-8,11-12,15,18,22,24,27,35,38-39H,9-10,13-14,16H2,1-4H3/t18-,22+,24-,27-,30-,31+,32-/m1/s1. The number of rotatable bonds is 6. The summed E-state index contributed by atoms with van der Waals surface area (Å²) >= 11 is 5.97. The molecular formula is C32H36ClNO7. The Morgan fingerprint density at radius 3 is 2.59 bits per heavy atom. The van der Waals surface area contributed by atoms with Gasteiger partial charge in [-0.3, -0.25) is 9.59 Å². The first-order valence-electron chi connectivity index (χ1n) is 14.2. The molecule has 4 aliphatic carbocycles. The van der Waals surface area contributed by atoms with Crippen LogP contribution in [-0.2, 0) is 20.7 Å². The van der Waals surface area contributed by atoms with Crippen molar-refractivity contribution in [3.63, 3.8) is 0 Å². The Balaban J connectivity index is 1.23. The molecule has 2 aromatic rings. The van der Waals surface area contributed by atoms with Crippen LogP contribution in [0.3, 0.4) is 0 Å². The molecule has 1 aromatic heterocycles. The van der Waals surface area contributed by atoms with Crippen molar-refractivity contribution in [1.82, 2.24) is 4.98 Å². The van der Waals surface area contributed by atoms with E-state index in [1.54, 1.807) is 31.3 Å². The van der Waals surface area contributed by atoms with Crippen molar-refractivity contribution in [2.75, 3.05) is 6.61 Å². The summed E-state index contributed by atoms with van der Waals surface area (Å²) < 4.78 is 12.1. The normalized spacial score (nSPS) is 36.8. The van der Waals surface area contributed by atoms with Crippen molar-refractivity contribution in [3.05, 3.63) is 64.7 Å². The van der Waals surface area contributed by atoms with Gasteiger partial charge in [0.1, 0.15) is 11.2 Å². The van der Waals surface area contributed by atoms with Crippen LogP contribution >= 0.6 is 11.6 Å². The smallest absolute Gasteiger partial charge is 0.306 e. The van der Waals surface area contributed by atoms with Gasteiger partial charge in [-0.15, -0.1) is 0 Å². The van der Waals surface area contributed by atoms with Crippen LogP contribution in [0.4, 0.5) is 0 Å². The molecule has 2 saturated carbocycles. The molecule has 0 saturated heterocycles. The largest absolute Gasteiger partial charge is 0.458 e. The highest BCUT2D eigenvalue weighted by Gasteiger charge is 2.83. The van der Waals surface area contributed by atoms with E-state index in [-0.39, 0.29) is 37.8 Å². The van der Waals surface area contributed by atoms with E-state index in [0.29, 0.717) is 34.2 Å². The van der Waals surface area contributed by atoms with Gasteiger partial charge in [-0.05, 0) is 54.7 Å². The van der Waals surface area contributed by atoms with E-state index in [2.05, 4.69) is 4.98 Å².